The molecule has 0 aliphatic carbocycles. The molecular weight excluding hydrogens is 584 g/mol. The van der Waals surface area contributed by atoms with Gasteiger partial charge in [0.25, 0.3) is 5.91 Å². The summed E-state index contributed by atoms with van der Waals surface area (Å²) in [6, 6.07) is 13.7. The molecule has 3 heterocycles. The Kier molecular flexibility index (Phi) is 11.1. The minimum Gasteiger partial charge on any atom is -0.371 e. The van der Waals surface area contributed by atoms with Gasteiger partial charge in [0, 0.05) is 49.3 Å². The number of carbonyl (C=O) groups excluding carboxylic acids is 4. The fraction of sp³-hybridized carbons (Fsp3) is 0.543. The maximum Gasteiger partial charge on any atom is 0.265 e. The van der Waals surface area contributed by atoms with E-state index in [0.717, 1.165) is 75.4 Å². The zero-order valence-corrected chi connectivity index (χ0v) is 27.0. The second-order valence-corrected chi connectivity index (χ2v) is 13.4. The SMILES string of the molecule is CC(C)NNC(=O)c1ccc(C2CCN(CC3CCN(c4cccc5c4C(=O)C(C(CCC=O)C(N)=O)CN5O)CC3)CC2)cc1. The molecule has 2 unspecified atom stereocenters. The van der Waals surface area contributed by atoms with Crippen LogP contribution in [0.5, 0.6) is 0 Å². The maximum absolute atomic E-state index is 13.8. The number of piperidine rings is 2. The minimum atomic E-state index is -0.818. The normalized spacial score (nSPS) is 20.4. The van der Waals surface area contributed by atoms with Gasteiger partial charge in [-0.1, -0.05) is 18.2 Å². The molecule has 5 N–H and O–H groups in total. The van der Waals surface area contributed by atoms with Gasteiger partial charge in [-0.05, 0) is 101 Å². The number of fused-ring (bicyclic) bond motifs is 1. The van der Waals surface area contributed by atoms with Crippen LogP contribution in [0.2, 0.25) is 0 Å². The summed E-state index contributed by atoms with van der Waals surface area (Å²) < 4.78 is 0. The molecule has 0 radical (unpaired) electrons. The van der Waals surface area contributed by atoms with E-state index in [1.54, 1.807) is 6.07 Å². The van der Waals surface area contributed by atoms with Gasteiger partial charge in [-0.3, -0.25) is 30.1 Å². The van der Waals surface area contributed by atoms with Crippen LogP contribution in [0.1, 0.15) is 84.6 Å². The largest absolute Gasteiger partial charge is 0.371 e. The number of nitrogens with zero attached hydrogens (tertiary/aromatic N) is 3. The molecule has 46 heavy (non-hydrogen) atoms. The zero-order chi connectivity index (χ0) is 32.8. The van der Waals surface area contributed by atoms with Crippen LogP contribution in [-0.2, 0) is 9.59 Å². The fourth-order valence-electron chi connectivity index (χ4n) is 7.27. The molecule has 2 saturated heterocycles. The van der Waals surface area contributed by atoms with Crippen molar-refractivity contribution >= 4 is 35.3 Å². The van der Waals surface area contributed by atoms with E-state index in [1.807, 2.05) is 38.1 Å². The summed E-state index contributed by atoms with van der Waals surface area (Å²) in [6.45, 7) is 8.68. The maximum atomic E-state index is 13.8. The van der Waals surface area contributed by atoms with Crippen LogP contribution in [0.25, 0.3) is 0 Å². The molecule has 0 aromatic heterocycles. The lowest BCUT2D eigenvalue weighted by Gasteiger charge is -2.40. The number of carbonyl (C=O) groups is 4. The van der Waals surface area contributed by atoms with Crippen molar-refractivity contribution in [2.24, 2.45) is 23.5 Å². The number of anilines is 2. The molecule has 248 valence electrons. The highest BCUT2D eigenvalue weighted by Crippen LogP contribution is 2.40. The standard InChI is InChI=1S/C35H48N6O5/c1-23(2)37-38-35(45)27-10-8-25(9-11-27)26-14-16-39(17-15-26)21-24-12-18-40(19-13-24)30-6-3-7-31-32(30)33(43)29(22-41(31)46)28(34(36)44)5-4-20-42/h3,6-11,20,23-24,26,28-29,37,46H,4-5,12-19,21-22H2,1-2H3,(H2,36,44)(H,38,45). The van der Waals surface area contributed by atoms with Crippen LogP contribution in [0.15, 0.2) is 42.5 Å². The average Bonchev–Trinajstić information content (AvgIpc) is 3.06. The summed E-state index contributed by atoms with van der Waals surface area (Å²) in [5.41, 5.74) is 14.9. The molecule has 5 rings (SSSR count). The van der Waals surface area contributed by atoms with Crippen LogP contribution < -0.4 is 26.5 Å². The molecule has 2 fully saturated rings. The van der Waals surface area contributed by atoms with E-state index < -0.39 is 17.7 Å². The summed E-state index contributed by atoms with van der Waals surface area (Å²) >= 11 is 0. The van der Waals surface area contributed by atoms with Crippen LogP contribution in [0, 0.1) is 17.8 Å². The van der Waals surface area contributed by atoms with Gasteiger partial charge >= 0.3 is 0 Å². The number of hydrazine groups is 1. The van der Waals surface area contributed by atoms with Gasteiger partial charge in [-0.2, -0.15) is 0 Å². The van der Waals surface area contributed by atoms with Crippen molar-refractivity contribution in [2.45, 2.75) is 64.3 Å². The van der Waals surface area contributed by atoms with Gasteiger partial charge in [0.05, 0.1) is 23.7 Å². The number of amides is 2. The number of nitrogens with two attached hydrogens (primary N) is 1. The second kappa shape index (κ2) is 15.2. The van der Waals surface area contributed by atoms with Gasteiger partial charge in [0.2, 0.25) is 5.91 Å². The van der Waals surface area contributed by atoms with Crippen LogP contribution >= 0.6 is 0 Å². The van der Waals surface area contributed by atoms with E-state index in [-0.39, 0.29) is 37.1 Å². The van der Waals surface area contributed by atoms with Crippen molar-refractivity contribution in [1.82, 2.24) is 15.8 Å². The third kappa shape index (κ3) is 7.76. The lowest BCUT2D eigenvalue weighted by atomic mass is 9.79. The number of ketones is 1. The molecular formula is C35H48N6O5. The van der Waals surface area contributed by atoms with Crippen molar-refractivity contribution in [2.75, 3.05) is 49.2 Å². The topological polar surface area (TPSA) is 148 Å². The molecule has 0 saturated carbocycles. The smallest absolute Gasteiger partial charge is 0.265 e. The Morgan fingerprint density at radius 2 is 1.67 bits per heavy atom. The Hall–Kier alpha value is -3.80. The molecule has 0 bridgehead atoms. The third-order valence-corrected chi connectivity index (χ3v) is 9.88. The Morgan fingerprint density at radius 3 is 2.30 bits per heavy atom. The quantitative estimate of drug-likeness (QED) is 0.204. The van der Waals surface area contributed by atoms with Crippen molar-refractivity contribution in [1.29, 1.82) is 0 Å². The lowest BCUT2D eigenvalue weighted by molar-refractivity contribution is -0.123. The molecule has 2 aromatic rings. The van der Waals surface area contributed by atoms with Crippen LogP contribution in [-0.4, -0.2) is 79.3 Å². The van der Waals surface area contributed by atoms with Gasteiger partial charge < -0.3 is 20.3 Å². The summed E-state index contributed by atoms with van der Waals surface area (Å²) in [7, 11) is 0. The van der Waals surface area contributed by atoms with E-state index in [1.165, 1.54) is 5.56 Å². The van der Waals surface area contributed by atoms with E-state index in [0.29, 0.717) is 28.7 Å². The number of nitrogens with one attached hydrogen (secondary N) is 2. The van der Waals surface area contributed by atoms with Crippen LogP contribution in [0.3, 0.4) is 0 Å². The molecule has 2 atom stereocenters. The molecule has 11 nitrogen and oxygen atoms in total. The Morgan fingerprint density at radius 1 is 1.00 bits per heavy atom. The van der Waals surface area contributed by atoms with Crippen molar-refractivity contribution in [3.05, 3.63) is 59.2 Å². The van der Waals surface area contributed by atoms with Crippen molar-refractivity contribution in [3.63, 3.8) is 0 Å². The summed E-state index contributed by atoms with van der Waals surface area (Å²) in [5.74, 6) is -1.52. The molecule has 11 heteroatoms. The predicted octanol–water partition coefficient (Wildman–Crippen LogP) is 3.51. The van der Waals surface area contributed by atoms with Gasteiger partial charge in [-0.25, -0.2) is 5.43 Å². The number of rotatable bonds is 12. The summed E-state index contributed by atoms with van der Waals surface area (Å²) in [6.07, 6.45) is 5.23. The monoisotopic (exact) mass is 632 g/mol. The van der Waals surface area contributed by atoms with Gasteiger partial charge in [-0.15, -0.1) is 0 Å². The molecule has 3 aliphatic heterocycles. The highest BCUT2D eigenvalue weighted by Gasteiger charge is 2.41. The summed E-state index contributed by atoms with van der Waals surface area (Å²) in [5, 5.41) is 11.9. The Balaban J connectivity index is 1.14. The summed E-state index contributed by atoms with van der Waals surface area (Å²) in [4.78, 5) is 54.1. The van der Waals surface area contributed by atoms with E-state index in [2.05, 4.69) is 32.8 Å². The molecule has 0 spiro atoms. The third-order valence-electron chi connectivity index (χ3n) is 9.88. The number of hydrogen-bond donors (Lipinski definition) is 4. The predicted molar refractivity (Wildman–Crippen MR) is 177 cm³/mol. The van der Waals surface area contributed by atoms with Crippen molar-refractivity contribution in [3.8, 4) is 0 Å². The number of likely N-dealkylation sites (tertiary alicyclic amines) is 1. The zero-order valence-electron chi connectivity index (χ0n) is 27.0. The lowest BCUT2D eigenvalue weighted by Crippen LogP contribution is -2.46. The Labute approximate surface area is 271 Å². The highest BCUT2D eigenvalue weighted by atomic mass is 16.5. The average molecular weight is 633 g/mol. The number of aldehydes is 1. The number of hydrogen-bond acceptors (Lipinski definition) is 9. The number of hydroxylamine groups is 1. The number of Topliss-reactive ketones (excluding diaryl/α,β-unsaturated/α-hetero) is 1. The molecule has 2 amide bonds. The second-order valence-electron chi connectivity index (χ2n) is 13.4. The number of primary amides is 1. The molecule has 3 aliphatic rings. The fourth-order valence-corrected chi connectivity index (χ4v) is 7.27. The van der Waals surface area contributed by atoms with Gasteiger partial charge in [0.15, 0.2) is 5.78 Å². The first-order valence-electron chi connectivity index (χ1n) is 16.7. The number of benzene rings is 2. The van der Waals surface area contributed by atoms with E-state index in [4.69, 9.17) is 5.73 Å². The van der Waals surface area contributed by atoms with Gasteiger partial charge in [0.1, 0.15) is 6.29 Å². The van der Waals surface area contributed by atoms with E-state index >= 15 is 0 Å². The first kappa shape index (κ1) is 33.6. The van der Waals surface area contributed by atoms with E-state index in [9.17, 15) is 24.4 Å². The van der Waals surface area contributed by atoms with Crippen LogP contribution in [0.4, 0.5) is 11.4 Å². The highest BCUT2D eigenvalue weighted by molar-refractivity contribution is 6.10. The van der Waals surface area contributed by atoms with Crippen molar-refractivity contribution < 1.29 is 24.4 Å². The Bertz CT molecular complexity index is 1380. The first-order valence-corrected chi connectivity index (χ1v) is 16.7. The molecule has 2 aromatic carbocycles. The first-order chi connectivity index (χ1) is 22.2. The minimum absolute atomic E-state index is 0.0286.